The lowest BCUT2D eigenvalue weighted by Gasteiger charge is -2.00. The van der Waals surface area contributed by atoms with E-state index in [0.29, 0.717) is 0 Å². The molecule has 12 heavy (non-hydrogen) atoms. The van der Waals surface area contributed by atoms with E-state index in [9.17, 15) is 14.4 Å². The van der Waals surface area contributed by atoms with E-state index >= 15 is 0 Å². The zero-order valence-electron chi connectivity index (χ0n) is 5.51. The first-order chi connectivity index (χ1) is 5.60. The van der Waals surface area contributed by atoms with Crippen molar-refractivity contribution in [2.75, 3.05) is 0 Å². The Hall–Kier alpha value is -1.66. The fourth-order valence-electron chi connectivity index (χ4n) is 0.205. The van der Waals surface area contributed by atoms with E-state index in [1.54, 1.807) is 0 Å². The highest BCUT2D eigenvalue weighted by Gasteiger charge is 2.15. The molecule has 0 aliphatic rings. The third-order valence-electron chi connectivity index (χ3n) is 0.526. The Morgan fingerprint density at radius 3 is 1.33 bits per heavy atom. The average molecular weight is 170 g/mol. The molecule has 0 saturated carbocycles. The number of hydrogen-bond acceptors (Lipinski definition) is 7. The van der Waals surface area contributed by atoms with Crippen LogP contribution >= 0.6 is 0 Å². The molecule has 0 aliphatic heterocycles. The van der Waals surface area contributed by atoms with E-state index in [2.05, 4.69) is 34.9 Å². The molecule has 9 heteroatoms. The maximum absolute atomic E-state index is 10.2. The van der Waals surface area contributed by atoms with Gasteiger partial charge in [0.15, 0.2) is 0 Å². The fraction of sp³-hybridized carbons (Fsp3) is 0. The molecule has 0 amide bonds. The van der Waals surface area contributed by atoms with Gasteiger partial charge in [0, 0.05) is 0 Å². The summed E-state index contributed by atoms with van der Waals surface area (Å²) in [6, 6.07) is 0. The second-order valence-electron chi connectivity index (χ2n) is 1.19. The summed E-state index contributed by atoms with van der Waals surface area (Å²) in [7, 11) is 8.52. The Labute approximate surface area is 68.8 Å². The van der Waals surface area contributed by atoms with Crippen LogP contribution in [0.4, 0.5) is 14.4 Å². The van der Waals surface area contributed by atoms with Crippen molar-refractivity contribution in [3.05, 3.63) is 0 Å². The lowest BCUT2D eigenvalue weighted by molar-refractivity contribution is 0.0624. The first kappa shape index (κ1) is 10.3. The van der Waals surface area contributed by atoms with Crippen LogP contribution < -0.4 is 0 Å². The van der Waals surface area contributed by atoms with E-state index in [4.69, 9.17) is 0 Å². The number of hydrogen-bond donors (Lipinski definition) is 0. The highest BCUT2D eigenvalue weighted by molar-refractivity contribution is 6.06. The van der Waals surface area contributed by atoms with E-state index in [-0.39, 0.29) is 0 Å². The summed E-state index contributed by atoms with van der Waals surface area (Å²) in [6.45, 7) is 0. The predicted molar refractivity (Wildman–Crippen MR) is 32.0 cm³/mol. The molecule has 0 aromatic heterocycles. The molecular weight excluding hydrogens is 170 g/mol. The van der Waals surface area contributed by atoms with E-state index in [0.717, 1.165) is 0 Å². The predicted octanol–water partition coefficient (Wildman–Crippen LogP) is -0.420. The molecule has 0 heterocycles. The fourth-order valence-corrected chi connectivity index (χ4v) is 0.205. The van der Waals surface area contributed by atoms with Crippen molar-refractivity contribution in [2.24, 2.45) is 0 Å². The van der Waals surface area contributed by atoms with E-state index in [1.807, 2.05) is 0 Å². The van der Waals surface area contributed by atoms with Gasteiger partial charge in [-0.2, -0.15) is 0 Å². The van der Waals surface area contributed by atoms with Crippen LogP contribution in [0, 0.1) is 0 Å². The minimum atomic E-state index is -1.67. The van der Waals surface area contributed by atoms with Gasteiger partial charge in [-0.1, -0.05) is 0 Å². The average Bonchev–Trinajstić information content (AvgIpc) is 2.03. The normalized spacial score (nSPS) is 8.00. The van der Waals surface area contributed by atoms with Gasteiger partial charge in [-0.15, -0.1) is 0 Å². The molecule has 0 bridgehead atoms. The number of carbonyl (C=O) groups is 3. The molecule has 0 atom stereocenters. The van der Waals surface area contributed by atoms with Crippen molar-refractivity contribution in [1.29, 1.82) is 0 Å². The molecule has 0 aliphatic carbocycles. The molecule has 0 saturated heterocycles. The monoisotopic (exact) mass is 170 g/mol. The molecule has 0 rings (SSSR count). The highest BCUT2D eigenvalue weighted by atomic mass is 16.8. The van der Waals surface area contributed by atoms with Gasteiger partial charge in [0.2, 0.25) is 0 Å². The summed E-state index contributed by atoms with van der Waals surface area (Å²) in [5.74, 6) is 0. The Bertz CT molecular complexity index is 181. The van der Waals surface area contributed by atoms with Crippen LogP contribution in [0.5, 0.6) is 0 Å². The Balaban J connectivity index is 3.74. The van der Waals surface area contributed by atoms with Gasteiger partial charge < -0.3 is 18.8 Å². The zero-order valence-corrected chi connectivity index (χ0v) is 5.51. The van der Waals surface area contributed by atoms with Gasteiger partial charge in [0.05, 0.1) is 0 Å². The lowest BCUT2D eigenvalue weighted by Crippen LogP contribution is -2.18. The smallest absolute Gasteiger partial charge is 0.513 e. The highest BCUT2D eigenvalue weighted by Crippen LogP contribution is 1.90. The molecule has 0 aromatic rings. The van der Waals surface area contributed by atoms with Crippen LogP contribution in [0.3, 0.4) is 0 Å². The summed E-state index contributed by atoms with van der Waals surface area (Å²) in [4.78, 5) is 30.3. The first-order valence-electron chi connectivity index (χ1n) is 2.31. The topological polar surface area (TPSA) is 88.1 Å². The lowest BCUT2D eigenvalue weighted by atomic mass is 10.6. The molecular formula is C3B2O7. The number of rotatable bonds is 0. The van der Waals surface area contributed by atoms with E-state index in [1.165, 1.54) is 0 Å². The second kappa shape index (κ2) is 5.05. The van der Waals surface area contributed by atoms with Crippen LogP contribution in [-0.4, -0.2) is 34.6 Å². The Kier molecular flexibility index (Phi) is 4.35. The van der Waals surface area contributed by atoms with Gasteiger partial charge in [-0.05, 0) is 0 Å². The number of carbonyl (C=O) groups excluding carboxylic acids is 3. The van der Waals surface area contributed by atoms with Crippen molar-refractivity contribution in [2.45, 2.75) is 0 Å². The standard InChI is InChI=1S/C3B2O7/c4-11-2(7)9-1(6)10-3(8)12-5. The summed E-state index contributed by atoms with van der Waals surface area (Å²) < 4.78 is 13.9. The van der Waals surface area contributed by atoms with Crippen molar-refractivity contribution in [3.63, 3.8) is 0 Å². The summed E-state index contributed by atoms with van der Waals surface area (Å²) in [5.41, 5.74) is 0. The molecule has 7 nitrogen and oxygen atoms in total. The molecule has 0 N–H and O–H groups in total. The van der Waals surface area contributed by atoms with Crippen molar-refractivity contribution in [3.8, 4) is 0 Å². The van der Waals surface area contributed by atoms with Crippen molar-refractivity contribution in [1.82, 2.24) is 0 Å². The minimum Gasteiger partial charge on any atom is -0.513 e. The molecule has 60 valence electrons. The summed E-state index contributed by atoms with van der Waals surface area (Å²) in [5, 5.41) is 0. The van der Waals surface area contributed by atoms with E-state index < -0.39 is 18.5 Å². The molecule has 4 radical (unpaired) electrons. The van der Waals surface area contributed by atoms with Crippen LogP contribution in [0.1, 0.15) is 0 Å². The molecule has 0 fully saturated rings. The first-order valence-corrected chi connectivity index (χ1v) is 2.31. The van der Waals surface area contributed by atoms with Gasteiger partial charge >= 0.3 is 34.6 Å². The third kappa shape index (κ3) is 4.20. The maximum atomic E-state index is 10.2. The van der Waals surface area contributed by atoms with Crippen LogP contribution in [0.25, 0.3) is 0 Å². The van der Waals surface area contributed by atoms with Crippen LogP contribution in [0.15, 0.2) is 0 Å². The summed E-state index contributed by atoms with van der Waals surface area (Å²) in [6.07, 6.45) is -4.74. The molecule has 0 spiro atoms. The van der Waals surface area contributed by atoms with Gasteiger partial charge in [-0.3, -0.25) is 0 Å². The SMILES string of the molecule is [B]OC(=O)OC(=O)OC(=O)O[B]. The maximum Gasteiger partial charge on any atom is 0.528 e. The quantitative estimate of drug-likeness (QED) is 0.277. The van der Waals surface area contributed by atoms with Crippen molar-refractivity contribution < 1.29 is 33.2 Å². The van der Waals surface area contributed by atoms with Gasteiger partial charge in [0.1, 0.15) is 0 Å². The minimum absolute atomic E-state index is 1.54. The molecule has 0 unspecified atom stereocenters. The largest absolute Gasteiger partial charge is 0.528 e. The van der Waals surface area contributed by atoms with Gasteiger partial charge in [0.25, 0.3) is 0 Å². The Morgan fingerprint density at radius 2 is 1.08 bits per heavy atom. The van der Waals surface area contributed by atoms with Crippen molar-refractivity contribution >= 4 is 34.6 Å². The summed E-state index contributed by atoms with van der Waals surface area (Å²) >= 11 is 0. The second-order valence-corrected chi connectivity index (χ2v) is 1.19. The van der Waals surface area contributed by atoms with Gasteiger partial charge in [-0.25, -0.2) is 14.4 Å². The third-order valence-corrected chi connectivity index (χ3v) is 0.526. The van der Waals surface area contributed by atoms with Crippen LogP contribution in [-0.2, 0) is 18.8 Å². The Morgan fingerprint density at radius 1 is 0.750 bits per heavy atom. The zero-order chi connectivity index (χ0) is 9.56. The van der Waals surface area contributed by atoms with Crippen LogP contribution in [0.2, 0.25) is 0 Å². The number of ether oxygens (including phenoxy) is 2. The molecule has 0 aromatic carbocycles.